The minimum absolute atomic E-state index is 0.0839. The van der Waals surface area contributed by atoms with E-state index < -0.39 is 24.6 Å². The van der Waals surface area contributed by atoms with E-state index >= 15 is 0 Å². The van der Waals surface area contributed by atoms with Crippen LogP contribution in [0.25, 0.3) is 17.2 Å². The summed E-state index contributed by atoms with van der Waals surface area (Å²) >= 11 is 0. The van der Waals surface area contributed by atoms with Crippen molar-refractivity contribution in [3.63, 3.8) is 0 Å². The van der Waals surface area contributed by atoms with Gasteiger partial charge in [-0.2, -0.15) is 8.78 Å². The number of carbonyl (C=O) groups excluding carboxylic acids is 2. The summed E-state index contributed by atoms with van der Waals surface area (Å²) < 4.78 is 39.5. The maximum atomic E-state index is 12.6. The lowest BCUT2D eigenvalue weighted by Crippen LogP contribution is -2.29. The summed E-state index contributed by atoms with van der Waals surface area (Å²) in [5.41, 5.74) is 2.86. The van der Waals surface area contributed by atoms with E-state index in [2.05, 4.69) is 10.1 Å². The number of carbonyl (C=O) groups is 2. The fraction of sp³-hybridized carbons (Fsp3) is 0.154. The number of hydrogen-bond donors (Lipinski definition) is 1. The number of hydrogen-bond acceptors (Lipinski definition) is 5. The Kier molecular flexibility index (Phi) is 8.34. The number of para-hydroxylation sites is 1. The van der Waals surface area contributed by atoms with Crippen molar-refractivity contribution in [2.24, 2.45) is 0 Å². The maximum absolute atomic E-state index is 12.6. The van der Waals surface area contributed by atoms with Crippen molar-refractivity contribution in [3.8, 4) is 22.6 Å². The van der Waals surface area contributed by atoms with Crippen LogP contribution in [0, 0.1) is 0 Å². The molecule has 0 saturated carbocycles. The summed E-state index contributed by atoms with van der Waals surface area (Å²) in [4.78, 5) is 24.8. The van der Waals surface area contributed by atoms with Crippen LogP contribution in [0.15, 0.2) is 78.9 Å². The Hall–Kier alpha value is -4.20. The first-order valence-corrected chi connectivity index (χ1v) is 10.3. The number of methoxy groups -OCH3 is 1. The van der Waals surface area contributed by atoms with Gasteiger partial charge in [0.15, 0.2) is 17.6 Å². The largest absolute Gasteiger partial charge is 0.493 e. The van der Waals surface area contributed by atoms with Gasteiger partial charge in [0.25, 0.3) is 5.91 Å². The minimum Gasteiger partial charge on any atom is -0.493 e. The number of anilines is 1. The molecule has 1 amide bonds. The normalized spacial score (nSPS) is 11.8. The van der Waals surface area contributed by atoms with Gasteiger partial charge in [-0.3, -0.25) is 4.79 Å². The molecular formula is C26H23F2NO5. The zero-order chi connectivity index (χ0) is 24.5. The molecule has 0 fully saturated rings. The van der Waals surface area contributed by atoms with E-state index in [9.17, 15) is 18.4 Å². The fourth-order valence-electron chi connectivity index (χ4n) is 3.11. The van der Waals surface area contributed by atoms with Crippen LogP contribution in [0.2, 0.25) is 0 Å². The van der Waals surface area contributed by atoms with Gasteiger partial charge < -0.3 is 19.5 Å². The molecule has 3 aromatic carbocycles. The fourth-order valence-corrected chi connectivity index (χ4v) is 3.11. The predicted molar refractivity (Wildman–Crippen MR) is 125 cm³/mol. The molecular weight excluding hydrogens is 444 g/mol. The van der Waals surface area contributed by atoms with Crippen molar-refractivity contribution in [2.45, 2.75) is 19.6 Å². The van der Waals surface area contributed by atoms with Crippen LogP contribution in [-0.2, 0) is 14.3 Å². The number of benzene rings is 3. The highest BCUT2D eigenvalue weighted by Gasteiger charge is 2.18. The molecule has 3 rings (SSSR count). The molecule has 1 N–H and O–H groups in total. The van der Waals surface area contributed by atoms with E-state index in [-0.39, 0.29) is 11.5 Å². The molecule has 0 heterocycles. The van der Waals surface area contributed by atoms with Gasteiger partial charge in [-0.1, -0.05) is 54.6 Å². The molecule has 0 spiro atoms. The molecule has 6 nitrogen and oxygen atoms in total. The lowest BCUT2D eigenvalue weighted by molar-refractivity contribution is -0.148. The molecule has 0 aliphatic rings. The number of rotatable bonds is 9. The highest BCUT2D eigenvalue weighted by molar-refractivity contribution is 5.99. The van der Waals surface area contributed by atoms with E-state index in [0.717, 1.165) is 17.2 Å². The summed E-state index contributed by atoms with van der Waals surface area (Å²) in [6.45, 7) is -1.52. The van der Waals surface area contributed by atoms with Crippen molar-refractivity contribution in [1.82, 2.24) is 0 Å². The van der Waals surface area contributed by atoms with E-state index in [0.29, 0.717) is 11.3 Å². The SMILES string of the molecule is COc1cc(/C=C/C(=O)OC(C)C(=O)Nc2ccccc2-c2ccccc2)ccc1OC(F)F. The van der Waals surface area contributed by atoms with Gasteiger partial charge >= 0.3 is 12.6 Å². The van der Waals surface area contributed by atoms with Crippen LogP contribution in [0.1, 0.15) is 12.5 Å². The summed E-state index contributed by atoms with van der Waals surface area (Å²) in [5.74, 6) is -1.27. The lowest BCUT2D eigenvalue weighted by atomic mass is 10.0. The van der Waals surface area contributed by atoms with Gasteiger partial charge in [0.05, 0.1) is 7.11 Å². The highest BCUT2D eigenvalue weighted by atomic mass is 19.3. The molecule has 0 aliphatic heterocycles. The lowest BCUT2D eigenvalue weighted by Gasteiger charge is -2.15. The second-order valence-electron chi connectivity index (χ2n) is 7.10. The molecule has 0 aromatic heterocycles. The maximum Gasteiger partial charge on any atom is 0.387 e. The van der Waals surface area contributed by atoms with Crippen molar-refractivity contribution >= 4 is 23.6 Å². The predicted octanol–water partition coefficient (Wildman–Crippen LogP) is 5.55. The van der Waals surface area contributed by atoms with E-state index in [1.807, 2.05) is 42.5 Å². The van der Waals surface area contributed by atoms with Crippen LogP contribution in [-0.4, -0.2) is 31.7 Å². The molecule has 0 aliphatic carbocycles. The average Bonchev–Trinajstić information content (AvgIpc) is 2.84. The zero-order valence-electron chi connectivity index (χ0n) is 18.5. The van der Waals surface area contributed by atoms with Crippen LogP contribution < -0.4 is 14.8 Å². The van der Waals surface area contributed by atoms with Crippen LogP contribution in [0.4, 0.5) is 14.5 Å². The Balaban J connectivity index is 1.62. The molecule has 1 unspecified atom stereocenters. The zero-order valence-corrected chi connectivity index (χ0v) is 18.5. The molecule has 34 heavy (non-hydrogen) atoms. The summed E-state index contributed by atoms with van der Waals surface area (Å²) in [6.07, 6.45) is 1.48. The van der Waals surface area contributed by atoms with Gasteiger partial charge in [0, 0.05) is 17.3 Å². The molecule has 1 atom stereocenters. The average molecular weight is 467 g/mol. The topological polar surface area (TPSA) is 73.9 Å². The van der Waals surface area contributed by atoms with Crippen molar-refractivity contribution in [1.29, 1.82) is 0 Å². The van der Waals surface area contributed by atoms with Crippen molar-refractivity contribution in [2.75, 3.05) is 12.4 Å². The Morgan fingerprint density at radius 1 is 0.941 bits per heavy atom. The van der Waals surface area contributed by atoms with Gasteiger partial charge in [-0.15, -0.1) is 0 Å². The van der Waals surface area contributed by atoms with Crippen molar-refractivity contribution < 1.29 is 32.6 Å². The molecule has 176 valence electrons. The van der Waals surface area contributed by atoms with E-state index in [1.54, 1.807) is 12.1 Å². The van der Waals surface area contributed by atoms with Crippen molar-refractivity contribution in [3.05, 3.63) is 84.4 Å². The number of ether oxygens (including phenoxy) is 3. The molecule has 8 heteroatoms. The molecule has 0 saturated heterocycles. The summed E-state index contributed by atoms with van der Waals surface area (Å²) in [7, 11) is 1.31. The monoisotopic (exact) mass is 467 g/mol. The number of halogens is 2. The van der Waals surface area contributed by atoms with Gasteiger partial charge in [0.1, 0.15) is 0 Å². The summed E-state index contributed by atoms with van der Waals surface area (Å²) in [5, 5.41) is 2.79. The Bertz CT molecular complexity index is 1160. The number of nitrogens with one attached hydrogen (secondary N) is 1. The van der Waals surface area contributed by atoms with Gasteiger partial charge in [0.2, 0.25) is 0 Å². The van der Waals surface area contributed by atoms with Crippen LogP contribution >= 0.6 is 0 Å². The first-order chi connectivity index (χ1) is 16.4. The minimum atomic E-state index is -2.99. The number of esters is 1. The summed E-state index contributed by atoms with van der Waals surface area (Å²) in [6, 6.07) is 21.1. The third-order valence-electron chi connectivity index (χ3n) is 4.75. The third-order valence-corrected chi connectivity index (χ3v) is 4.75. The van der Waals surface area contributed by atoms with E-state index in [1.165, 1.54) is 38.3 Å². The Morgan fingerprint density at radius 2 is 1.65 bits per heavy atom. The number of amides is 1. The Labute approximate surface area is 195 Å². The molecule has 0 bridgehead atoms. The quantitative estimate of drug-likeness (QED) is 0.330. The second-order valence-corrected chi connectivity index (χ2v) is 7.10. The second kappa shape index (κ2) is 11.6. The standard InChI is InChI=1S/C26H23F2NO5/c1-17(25(31)29-21-11-7-6-10-20(21)19-8-4-3-5-9-19)33-24(30)15-13-18-12-14-22(34-26(27)28)23(16-18)32-2/h3-17,26H,1-2H3,(H,29,31)/b15-13+. The highest BCUT2D eigenvalue weighted by Crippen LogP contribution is 2.30. The van der Waals surface area contributed by atoms with Gasteiger partial charge in [-0.05, 0) is 42.3 Å². The Morgan fingerprint density at radius 3 is 2.35 bits per heavy atom. The molecule has 0 radical (unpaired) electrons. The van der Waals surface area contributed by atoms with Crippen LogP contribution in [0.3, 0.4) is 0 Å². The van der Waals surface area contributed by atoms with Crippen LogP contribution in [0.5, 0.6) is 11.5 Å². The first kappa shape index (κ1) is 24.4. The molecule has 3 aromatic rings. The van der Waals surface area contributed by atoms with Gasteiger partial charge in [-0.25, -0.2) is 4.79 Å². The smallest absolute Gasteiger partial charge is 0.387 e. The number of alkyl halides is 2. The first-order valence-electron chi connectivity index (χ1n) is 10.3. The third kappa shape index (κ3) is 6.65. The van der Waals surface area contributed by atoms with E-state index in [4.69, 9.17) is 9.47 Å².